The van der Waals surface area contributed by atoms with Crippen LogP contribution in [0.1, 0.15) is 43.0 Å². The second-order valence-corrected chi connectivity index (χ2v) is 15.3. The van der Waals surface area contributed by atoms with E-state index in [0.717, 1.165) is 32.0 Å². The van der Waals surface area contributed by atoms with E-state index in [2.05, 4.69) is 6.07 Å². The number of thioether (sulfide) groups is 2. The number of nitrogens with zero attached hydrogens (tertiary/aromatic N) is 2. The maximum atomic E-state index is 15.0. The summed E-state index contributed by atoms with van der Waals surface area (Å²) in [6.45, 7) is 0. The largest absolute Gasteiger partial charge is 0.292 e. The summed E-state index contributed by atoms with van der Waals surface area (Å²) in [4.78, 5) is 42.3. The maximum absolute atomic E-state index is 15.0. The summed E-state index contributed by atoms with van der Waals surface area (Å²) < 4.78 is 0. The SMILES string of the molecule is O=C1c2ccccc2N=C(Sc2cccc(SC3=Nc4ccccc4C(=O)C3(c3ccccc3)c3ccccc3)c2)C1(c1ccccc1)c1ccccc1. The van der Waals surface area contributed by atoms with Gasteiger partial charge in [-0.05, 0) is 64.7 Å². The Labute approximate surface area is 322 Å². The van der Waals surface area contributed by atoms with Gasteiger partial charge in [-0.15, -0.1) is 0 Å². The maximum Gasteiger partial charge on any atom is 0.186 e. The van der Waals surface area contributed by atoms with Gasteiger partial charge in [0.05, 0.1) is 11.4 Å². The van der Waals surface area contributed by atoms with E-state index < -0.39 is 10.8 Å². The van der Waals surface area contributed by atoms with Crippen LogP contribution in [0.25, 0.3) is 0 Å². The van der Waals surface area contributed by atoms with E-state index in [1.54, 1.807) is 0 Å². The molecule has 7 aromatic carbocycles. The number of Topliss-reactive ketones (excluding diaryl/α,β-unsaturated/α-hetero) is 2. The monoisotopic (exact) mass is 732 g/mol. The van der Waals surface area contributed by atoms with E-state index in [1.165, 1.54) is 23.5 Å². The minimum absolute atomic E-state index is 0.0113. The van der Waals surface area contributed by atoms with Gasteiger partial charge in [-0.25, -0.2) is 9.98 Å². The number of hydrogen-bond donors (Lipinski definition) is 0. The van der Waals surface area contributed by atoms with Gasteiger partial charge in [-0.2, -0.15) is 0 Å². The third-order valence-electron chi connectivity index (χ3n) is 10.1. The Morgan fingerprint density at radius 3 is 1.02 bits per heavy atom. The van der Waals surface area contributed by atoms with Gasteiger partial charge in [0.1, 0.15) is 20.9 Å². The van der Waals surface area contributed by atoms with Crippen molar-refractivity contribution >= 4 is 56.6 Å². The van der Waals surface area contributed by atoms with Crippen molar-refractivity contribution in [3.63, 3.8) is 0 Å². The van der Waals surface area contributed by atoms with E-state index >= 15 is 0 Å². The van der Waals surface area contributed by atoms with Crippen molar-refractivity contribution in [1.82, 2.24) is 0 Å². The van der Waals surface area contributed by atoms with Gasteiger partial charge < -0.3 is 0 Å². The number of hydrogen-bond acceptors (Lipinski definition) is 6. The van der Waals surface area contributed by atoms with Gasteiger partial charge in [0.15, 0.2) is 11.6 Å². The highest BCUT2D eigenvalue weighted by Gasteiger charge is 2.52. The molecule has 0 saturated heterocycles. The molecule has 4 nitrogen and oxygen atoms in total. The molecular weight excluding hydrogens is 701 g/mol. The fourth-order valence-electron chi connectivity index (χ4n) is 7.64. The molecule has 0 saturated carbocycles. The Morgan fingerprint density at radius 1 is 0.352 bits per heavy atom. The molecule has 0 fully saturated rings. The molecule has 0 amide bonds. The van der Waals surface area contributed by atoms with Crippen molar-refractivity contribution in [3.8, 4) is 0 Å². The molecule has 0 bridgehead atoms. The third kappa shape index (κ3) is 5.49. The highest BCUT2D eigenvalue weighted by Crippen LogP contribution is 2.50. The van der Waals surface area contributed by atoms with Crippen LogP contribution in [0.5, 0.6) is 0 Å². The van der Waals surface area contributed by atoms with Crippen LogP contribution in [0.2, 0.25) is 0 Å². The second kappa shape index (κ2) is 14.0. The van der Waals surface area contributed by atoms with Crippen LogP contribution in [0.15, 0.2) is 214 Å². The summed E-state index contributed by atoms with van der Waals surface area (Å²) in [5.74, 6) is -0.0226. The minimum Gasteiger partial charge on any atom is -0.292 e. The van der Waals surface area contributed by atoms with Crippen LogP contribution < -0.4 is 0 Å². The van der Waals surface area contributed by atoms with E-state index in [1.807, 2.05) is 188 Å². The normalized spacial score (nSPS) is 15.4. The number of fused-ring (bicyclic) bond motifs is 2. The van der Waals surface area contributed by atoms with Gasteiger partial charge in [0.2, 0.25) is 0 Å². The quantitative estimate of drug-likeness (QED) is 0.171. The summed E-state index contributed by atoms with van der Waals surface area (Å²) in [5.41, 5.74) is 3.61. The molecule has 2 aliphatic heterocycles. The second-order valence-electron chi connectivity index (χ2n) is 13.2. The first-order valence-corrected chi connectivity index (χ1v) is 19.4. The zero-order chi connectivity index (χ0) is 36.5. The topological polar surface area (TPSA) is 58.9 Å². The molecule has 0 aliphatic carbocycles. The lowest BCUT2D eigenvalue weighted by atomic mass is 9.68. The van der Waals surface area contributed by atoms with Crippen molar-refractivity contribution < 1.29 is 9.59 Å². The smallest absolute Gasteiger partial charge is 0.186 e. The first-order chi connectivity index (χ1) is 26.6. The molecule has 0 N–H and O–H groups in total. The van der Waals surface area contributed by atoms with Crippen LogP contribution in [-0.2, 0) is 10.8 Å². The number of benzene rings is 7. The number of carbonyl (C=O) groups excluding carboxylic acids is 2. The summed E-state index contributed by atoms with van der Waals surface area (Å²) >= 11 is 2.99. The molecule has 0 radical (unpaired) electrons. The molecule has 0 spiro atoms. The minimum atomic E-state index is -1.16. The molecule has 6 heteroatoms. The fourth-order valence-corrected chi connectivity index (χ4v) is 10.1. The Balaban J connectivity index is 1.19. The van der Waals surface area contributed by atoms with Gasteiger partial charge >= 0.3 is 0 Å². The summed E-state index contributed by atoms with van der Waals surface area (Å²) in [7, 11) is 0. The Kier molecular flexibility index (Phi) is 8.78. The molecule has 54 heavy (non-hydrogen) atoms. The van der Waals surface area contributed by atoms with Crippen LogP contribution >= 0.6 is 23.5 Å². The van der Waals surface area contributed by atoms with Crippen LogP contribution in [0.4, 0.5) is 11.4 Å². The first-order valence-electron chi connectivity index (χ1n) is 17.7. The number of aliphatic imine (C=N–C) groups is 2. The molecule has 2 aliphatic rings. The highest BCUT2D eigenvalue weighted by atomic mass is 32.2. The third-order valence-corrected chi connectivity index (χ3v) is 12.3. The van der Waals surface area contributed by atoms with Crippen molar-refractivity contribution in [2.75, 3.05) is 0 Å². The number of rotatable bonds is 6. The Bertz CT molecular complexity index is 2330. The van der Waals surface area contributed by atoms with Gasteiger partial charge in [0, 0.05) is 20.9 Å². The van der Waals surface area contributed by atoms with Crippen LogP contribution in [-0.4, -0.2) is 21.7 Å². The van der Waals surface area contributed by atoms with Crippen molar-refractivity contribution in [2.45, 2.75) is 20.6 Å². The molecule has 7 aromatic rings. The van der Waals surface area contributed by atoms with Crippen molar-refractivity contribution in [1.29, 1.82) is 0 Å². The molecular formula is C48H32N2O2S2. The van der Waals surface area contributed by atoms with Gasteiger partial charge in [-0.3, -0.25) is 9.59 Å². The van der Waals surface area contributed by atoms with E-state index in [4.69, 9.17) is 9.98 Å². The summed E-state index contributed by atoms with van der Waals surface area (Å²) in [6.07, 6.45) is 0. The summed E-state index contributed by atoms with van der Waals surface area (Å²) in [5, 5.41) is 1.35. The fraction of sp³-hybridized carbons (Fsp3) is 0.0417. The number of ketones is 2. The average Bonchev–Trinajstić information content (AvgIpc) is 3.23. The predicted octanol–water partition coefficient (Wildman–Crippen LogP) is 11.7. The lowest BCUT2D eigenvalue weighted by Gasteiger charge is -2.38. The van der Waals surface area contributed by atoms with Crippen molar-refractivity contribution in [2.24, 2.45) is 9.98 Å². The Morgan fingerprint density at radius 2 is 0.667 bits per heavy atom. The van der Waals surface area contributed by atoms with Gasteiger partial charge in [-0.1, -0.05) is 175 Å². The molecule has 9 rings (SSSR count). The molecule has 0 unspecified atom stereocenters. The molecule has 0 aromatic heterocycles. The van der Waals surface area contributed by atoms with E-state index in [0.29, 0.717) is 32.6 Å². The molecule has 258 valence electrons. The van der Waals surface area contributed by atoms with Crippen LogP contribution in [0.3, 0.4) is 0 Å². The average molecular weight is 733 g/mol. The van der Waals surface area contributed by atoms with E-state index in [-0.39, 0.29) is 11.6 Å². The predicted molar refractivity (Wildman–Crippen MR) is 221 cm³/mol. The number of carbonyl (C=O) groups is 2. The van der Waals surface area contributed by atoms with Crippen LogP contribution in [0, 0.1) is 0 Å². The molecule has 2 heterocycles. The summed E-state index contributed by atoms with van der Waals surface area (Å²) in [6, 6.07) is 63.2. The lowest BCUT2D eigenvalue weighted by molar-refractivity contribution is 0.0941. The molecule has 0 atom stereocenters. The first kappa shape index (κ1) is 33.7. The Hall–Kier alpha value is -6.08. The number of para-hydroxylation sites is 2. The van der Waals surface area contributed by atoms with Gasteiger partial charge in [0.25, 0.3) is 0 Å². The zero-order valence-electron chi connectivity index (χ0n) is 29.0. The lowest BCUT2D eigenvalue weighted by Crippen LogP contribution is -2.45. The zero-order valence-corrected chi connectivity index (χ0v) is 30.6. The highest BCUT2D eigenvalue weighted by molar-refractivity contribution is 8.15. The standard InChI is InChI=1S/C48H32N2O2S2/c51-43-39-28-13-15-30-41(39)49-45(47(43,33-18-5-1-6-19-33)34-20-7-2-8-21-34)53-37-26-17-27-38(32-37)54-46-48(35-22-9-3-10-23-35,36-24-11-4-12-25-36)44(52)40-29-14-16-31-42(40)50-46/h1-32H. The van der Waals surface area contributed by atoms with E-state index in [9.17, 15) is 9.59 Å². The van der Waals surface area contributed by atoms with Crippen molar-refractivity contribution in [3.05, 3.63) is 228 Å².